The molecule has 0 aromatic rings. The van der Waals surface area contributed by atoms with Crippen molar-refractivity contribution >= 4 is 10.0 Å². The lowest BCUT2D eigenvalue weighted by Gasteiger charge is -2.09. The Morgan fingerprint density at radius 3 is 2.50 bits per heavy atom. The largest absolute Gasteiger partial charge is 0.215 e. The molecule has 1 rings (SSSR count). The monoisotopic (exact) mass is 188 g/mol. The summed E-state index contributed by atoms with van der Waals surface area (Å²) in [6, 6.07) is 1.76. The fraction of sp³-hybridized carbons (Fsp3) is 0.857. The first-order valence-electron chi connectivity index (χ1n) is 4.02. The van der Waals surface area contributed by atoms with Gasteiger partial charge in [-0.15, -0.1) is 0 Å². The van der Waals surface area contributed by atoms with Crippen LogP contribution in [-0.4, -0.2) is 20.2 Å². The zero-order valence-electron chi connectivity index (χ0n) is 6.78. The van der Waals surface area contributed by atoms with Gasteiger partial charge in [0.05, 0.1) is 17.9 Å². The summed E-state index contributed by atoms with van der Waals surface area (Å²) >= 11 is 0. The van der Waals surface area contributed by atoms with Crippen LogP contribution in [0, 0.1) is 11.3 Å². The number of rotatable bonds is 3. The van der Waals surface area contributed by atoms with Crippen LogP contribution < -0.4 is 4.72 Å². The van der Waals surface area contributed by atoms with Crippen molar-refractivity contribution in [2.75, 3.05) is 6.54 Å². The van der Waals surface area contributed by atoms with Gasteiger partial charge in [-0.1, -0.05) is 12.8 Å². The molecule has 0 spiro atoms. The van der Waals surface area contributed by atoms with Gasteiger partial charge < -0.3 is 0 Å². The second kappa shape index (κ2) is 3.87. The fourth-order valence-electron chi connectivity index (χ4n) is 1.45. The topological polar surface area (TPSA) is 70.0 Å². The van der Waals surface area contributed by atoms with Crippen LogP contribution in [0.2, 0.25) is 0 Å². The first-order valence-corrected chi connectivity index (χ1v) is 5.57. The molecule has 1 N–H and O–H groups in total. The number of nitrogens with one attached hydrogen (secondary N) is 1. The molecule has 0 radical (unpaired) electrons. The molecule has 0 aliphatic heterocycles. The standard InChI is InChI=1S/C7H12N2O2S/c8-5-6-9-12(10,11)7-3-1-2-4-7/h7,9H,1-4,6H2. The number of nitriles is 1. The molecule has 12 heavy (non-hydrogen) atoms. The van der Waals surface area contributed by atoms with E-state index < -0.39 is 10.0 Å². The Bertz CT molecular complexity index is 272. The van der Waals surface area contributed by atoms with Crippen LogP contribution in [-0.2, 0) is 10.0 Å². The van der Waals surface area contributed by atoms with Gasteiger partial charge in [0.15, 0.2) is 0 Å². The maximum absolute atomic E-state index is 11.3. The van der Waals surface area contributed by atoms with E-state index in [1.54, 1.807) is 6.07 Å². The quantitative estimate of drug-likeness (QED) is 0.650. The van der Waals surface area contributed by atoms with E-state index in [0.29, 0.717) is 0 Å². The van der Waals surface area contributed by atoms with Crippen molar-refractivity contribution in [1.82, 2.24) is 4.72 Å². The molecule has 5 heteroatoms. The molecule has 0 unspecified atom stereocenters. The molecule has 1 aliphatic rings. The molecule has 1 saturated carbocycles. The summed E-state index contributed by atoms with van der Waals surface area (Å²) < 4.78 is 24.9. The summed E-state index contributed by atoms with van der Waals surface area (Å²) in [6.45, 7) is -0.112. The van der Waals surface area contributed by atoms with Gasteiger partial charge in [0.2, 0.25) is 10.0 Å². The highest BCUT2D eigenvalue weighted by Gasteiger charge is 2.27. The number of hydrogen-bond acceptors (Lipinski definition) is 3. The second-order valence-corrected chi connectivity index (χ2v) is 4.98. The lowest BCUT2D eigenvalue weighted by atomic mass is 10.4. The average Bonchev–Trinajstić information content (AvgIpc) is 2.53. The van der Waals surface area contributed by atoms with E-state index in [1.807, 2.05) is 0 Å². The molecule has 0 aromatic heterocycles. The van der Waals surface area contributed by atoms with E-state index in [2.05, 4.69) is 4.72 Å². The maximum Gasteiger partial charge on any atom is 0.215 e. The van der Waals surface area contributed by atoms with Crippen molar-refractivity contribution in [3.8, 4) is 6.07 Å². The highest BCUT2D eigenvalue weighted by atomic mass is 32.2. The van der Waals surface area contributed by atoms with Crippen LogP contribution >= 0.6 is 0 Å². The van der Waals surface area contributed by atoms with Gasteiger partial charge in [0.25, 0.3) is 0 Å². The maximum atomic E-state index is 11.3. The lowest BCUT2D eigenvalue weighted by Crippen LogP contribution is -2.32. The molecule has 68 valence electrons. The minimum absolute atomic E-state index is 0.112. The molecule has 0 aromatic carbocycles. The Morgan fingerprint density at radius 1 is 1.42 bits per heavy atom. The highest BCUT2D eigenvalue weighted by Crippen LogP contribution is 2.23. The van der Waals surface area contributed by atoms with E-state index in [1.165, 1.54) is 0 Å². The van der Waals surface area contributed by atoms with Gasteiger partial charge in [0, 0.05) is 0 Å². The van der Waals surface area contributed by atoms with Crippen molar-refractivity contribution < 1.29 is 8.42 Å². The summed E-state index contributed by atoms with van der Waals surface area (Å²) in [7, 11) is -3.19. The van der Waals surface area contributed by atoms with E-state index >= 15 is 0 Å². The molecule has 4 nitrogen and oxygen atoms in total. The van der Waals surface area contributed by atoms with Crippen molar-refractivity contribution in [1.29, 1.82) is 5.26 Å². The van der Waals surface area contributed by atoms with Crippen LogP contribution in [0.25, 0.3) is 0 Å². The van der Waals surface area contributed by atoms with Crippen molar-refractivity contribution in [3.63, 3.8) is 0 Å². The Balaban J connectivity index is 2.53. The van der Waals surface area contributed by atoms with Crippen LogP contribution in [0.4, 0.5) is 0 Å². The third-order valence-corrected chi connectivity index (χ3v) is 3.99. The summed E-state index contributed by atoms with van der Waals surface area (Å²) in [6.07, 6.45) is 3.44. The molecular formula is C7H12N2O2S. The van der Waals surface area contributed by atoms with Crippen LogP contribution in [0.15, 0.2) is 0 Å². The van der Waals surface area contributed by atoms with Crippen LogP contribution in [0.5, 0.6) is 0 Å². The zero-order chi connectivity index (χ0) is 9.03. The third-order valence-electron chi connectivity index (χ3n) is 2.09. The fourth-order valence-corrected chi connectivity index (χ4v) is 2.90. The first kappa shape index (κ1) is 9.49. The molecule has 1 aliphatic carbocycles. The number of sulfonamides is 1. The van der Waals surface area contributed by atoms with E-state index in [0.717, 1.165) is 25.7 Å². The Kier molecular flexibility index (Phi) is 3.06. The van der Waals surface area contributed by atoms with Crippen LogP contribution in [0.3, 0.4) is 0 Å². The van der Waals surface area contributed by atoms with Gasteiger partial charge in [-0.3, -0.25) is 0 Å². The molecule has 1 fully saturated rings. The first-order chi connectivity index (χ1) is 5.67. The minimum atomic E-state index is -3.19. The summed E-state index contributed by atoms with van der Waals surface area (Å²) in [5, 5.41) is 7.94. The van der Waals surface area contributed by atoms with Crippen molar-refractivity contribution in [2.45, 2.75) is 30.9 Å². The van der Waals surface area contributed by atoms with Gasteiger partial charge in [-0.05, 0) is 12.8 Å². The van der Waals surface area contributed by atoms with E-state index in [9.17, 15) is 8.42 Å². The van der Waals surface area contributed by atoms with Crippen LogP contribution in [0.1, 0.15) is 25.7 Å². The average molecular weight is 188 g/mol. The SMILES string of the molecule is N#CCNS(=O)(=O)C1CCCC1. The van der Waals surface area contributed by atoms with E-state index in [-0.39, 0.29) is 11.8 Å². The molecule has 0 amide bonds. The summed E-state index contributed by atoms with van der Waals surface area (Å²) in [4.78, 5) is 0. The lowest BCUT2D eigenvalue weighted by molar-refractivity contribution is 0.569. The smallest absolute Gasteiger partial charge is 0.212 e. The minimum Gasteiger partial charge on any atom is -0.212 e. The molecular weight excluding hydrogens is 176 g/mol. The third kappa shape index (κ3) is 2.19. The summed E-state index contributed by atoms with van der Waals surface area (Å²) in [5.41, 5.74) is 0. The highest BCUT2D eigenvalue weighted by molar-refractivity contribution is 7.90. The number of hydrogen-bond donors (Lipinski definition) is 1. The van der Waals surface area contributed by atoms with Crippen molar-refractivity contribution in [2.24, 2.45) is 0 Å². The second-order valence-electron chi connectivity index (χ2n) is 2.93. The molecule has 0 saturated heterocycles. The Morgan fingerprint density at radius 2 is 2.00 bits per heavy atom. The van der Waals surface area contributed by atoms with Gasteiger partial charge in [-0.2, -0.15) is 5.26 Å². The molecule has 0 bridgehead atoms. The van der Waals surface area contributed by atoms with Gasteiger partial charge in [0.1, 0.15) is 0 Å². The van der Waals surface area contributed by atoms with Gasteiger partial charge >= 0.3 is 0 Å². The summed E-state index contributed by atoms with van der Waals surface area (Å²) in [5.74, 6) is 0. The van der Waals surface area contributed by atoms with Crippen molar-refractivity contribution in [3.05, 3.63) is 0 Å². The van der Waals surface area contributed by atoms with Gasteiger partial charge in [-0.25, -0.2) is 13.1 Å². The van der Waals surface area contributed by atoms with E-state index in [4.69, 9.17) is 5.26 Å². The molecule has 0 heterocycles. The predicted molar refractivity (Wildman–Crippen MR) is 44.8 cm³/mol. The Hall–Kier alpha value is -0.600. The Labute approximate surface area is 72.6 Å². The molecule has 0 atom stereocenters. The number of nitrogens with zero attached hydrogens (tertiary/aromatic N) is 1. The predicted octanol–water partition coefficient (Wildman–Crippen LogP) is 0.372. The zero-order valence-corrected chi connectivity index (χ0v) is 7.60. The normalized spacial score (nSPS) is 19.2.